The minimum absolute atomic E-state index is 0. The third kappa shape index (κ3) is 3.67. The van der Waals surface area contributed by atoms with Crippen LogP contribution in [0.2, 0.25) is 0 Å². The van der Waals surface area contributed by atoms with Gasteiger partial charge in [-0.2, -0.15) is 0 Å². The van der Waals surface area contributed by atoms with Gasteiger partial charge in [0.15, 0.2) is 0 Å². The minimum Gasteiger partial charge on any atom is -0.493 e. The Hall–Kier alpha value is -3.88. The van der Waals surface area contributed by atoms with E-state index < -0.39 is 0 Å². The first kappa shape index (κ1) is 21.9. The quantitative estimate of drug-likeness (QED) is 0.257. The zero-order chi connectivity index (χ0) is 22.1. The van der Waals surface area contributed by atoms with Crippen molar-refractivity contribution < 1.29 is 4.74 Å². The SMILES string of the molecule is N.c1ccc(C(CCOc2ccc3cc4ccc3c2C4)(c2ccccc2)c2ccccc2)cc1. The molecule has 2 aliphatic carbocycles. The van der Waals surface area contributed by atoms with Gasteiger partial charge in [-0.3, -0.25) is 0 Å². The molecule has 0 unspecified atom stereocenters. The molecular formula is C32H29NO. The first-order valence-corrected chi connectivity index (χ1v) is 11.7. The van der Waals surface area contributed by atoms with Crippen LogP contribution in [-0.2, 0) is 11.8 Å². The second-order valence-corrected chi connectivity index (χ2v) is 8.88. The largest absolute Gasteiger partial charge is 0.493 e. The Kier molecular flexibility index (Phi) is 5.91. The van der Waals surface area contributed by atoms with Crippen LogP contribution in [0.25, 0.3) is 10.8 Å². The number of ether oxygens (including phenoxy) is 1. The molecule has 0 fully saturated rings. The smallest absolute Gasteiger partial charge is 0.123 e. The molecule has 2 heteroatoms. The number of rotatable bonds is 7. The van der Waals surface area contributed by atoms with E-state index in [9.17, 15) is 0 Å². The Balaban J connectivity index is 0.00000241. The van der Waals surface area contributed by atoms with Crippen molar-refractivity contribution in [3.63, 3.8) is 0 Å². The Bertz CT molecular complexity index is 1300. The lowest BCUT2D eigenvalue weighted by atomic mass is 9.67. The van der Waals surface area contributed by atoms with Crippen molar-refractivity contribution in [1.82, 2.24) is 6.15 Å². The maximum Gasteiger partial charge on any atom is 0.123 e. The van der Waals surface area contributed by atoms with Gasteiger partial charge in [0.2, 0.25) is 0 Å². The molecule has 3 N–H and O–H groups in total. The highest BCUT2D eigenvalue weighted by Gasteiger charge is 2.36. The molecule has 0 aromatic heterocycles. The van der Waals surface area contributed by atoms with Crippen molar-refractivity contribution in [2.75, 3.05) is 6.61 Å². The van der Waals surface area contributed by atoms with Gasteiger partial charge in [0.25, 0.3) is 0 Å². The predicted octanol–water partition coefficient (Wildman–Crippen LogP) is 7.71. The Morgan fingerprint density at radius 3 is 1.71 bits per heavy atom. The molecule has 0 atom stereocenters. The lowest BCUT2D eigenvalue weighted by Gasteiger charge is -2.36. The van der Waals surface area contributed by atoms with Crippen molar-refractivity contribution in [3.05, 3.63) is 149 Å². The molecule has 5 aromatic rings. The fourth-order valence-electron chi connectivity index (χ4n) is 5.47. The fraction of sp³-hybridized carbons (Fsp3) is 0.125. The Morgan fingerprint density at radius 1 is 0.618 bits per heavy atom. The summed E-state index contributed by atoms with van der Waals surface area (Å²) in [5.41, 5.74) is 6.28. The van der Waals surface area contributed by atoms with Crippen LogP contribution in [0.15, 0.2) is 121 Å². The number of hydrogen-bond acceptors (Lipinski definition) is 2. The molecule has 2 nitrogen and oxygen atoms in total. The van der Waals surface area contributed by atoms with Crippen LogP contribution in [-0.4, -0.2) is 6.61 Å². The summed E-state index contributed by atoms with van der Waals surface area (Å²) in [6.45, 7) is 0.632. The molecule has 0 heterocycles. The highest BCUT2D eigenvalue weighted by atomic mass is 16.5. The lowest BCUT2D eigenvalue weighted by Crippen LogP contribution is -2.31. The maximum absolute atomic E-state index is 6.54. The highest BCUT2D eigenvalue weighted by Crippen LogP contribution is 2.43. The normalized spacial score (nSPS) is 12.0. The second-order valence-electron chi connectivity index (χ2n) is 8.88. The average molecular weight is 444 g/mol. The van der Waals surface area contributed by atoms with Crippen molar-refractivity contribution in [2.45, 2.75) is 18.3 Å². The summed E-state index contributed by atoms with van der Waals surface area (Å²) < 4.78 is 6.54. The van der Waals surface area contributed by atoms with Crippen LogP contribution < -0.4 is 10.9 Å². The number of hydrogen-bond donors (Lipinski definition) is 1. The van der Waals surface area contributed by atoms with Gasteiger partial charge in [-0.25, -0.2) is 0 Å². The van der Waals surface area contributed by atoms with Gasteiger partial charge in [0.05, 0.1) is 6.61 Å². The van der Waals surface area contributed by atoms with Crippen LogP contribution in [0.5, 0.6) is 5.75 Å². The highest BCUT2D eigenvalue weighted by molar-refractivity contribution is 5.91. The summed E-state index contributed by atoms with van der Waals surface area (Å²) in [6, 6.07) is 43.7. The molecule has 0 aliphatic heterocycles. The van der Waals surface area contributed by atoms with E-state index in [-0.39, 0.29) is 11.6 Å². The van der Waals surface area contributed by atoms with E-state index in [2.05, 4.69) is 121 Å². The summed E-state index contributed by atoms with van der Waals surface area (Å²) in [4.78, 5) is 0. The first-order valence-electron chi connectivity index (χ1n) is 11.7. The van der Waals surface area contributed by atoms with Gasteiger partial charge in [0, 0.05) is 17.4 Å². The minimum atomic E-state index is -0.286. The third-order valence-electron chi connectivity index (χ3n) is 7.07. The lowest BCUT2D eigenvalue weighted by molar-refractivity contribution is 0.284. The molecule has 2 aliphatic rings. The Labute approximate surface area is 201 Å². The number of benzene rings is 5. The van der Waals surface area contributed by atoms with Gasteiger partial charge in [0.1, 0.15) is 5.75 Å². The molecule has 34 heavy (non-hydrogen) atoms. The van der Waals surface area contributed by atoms with Gasteiger partial charge in [-0.05, 0) is 45.5 Å². The van der Waals surface area contributed by atoms with Crippen molar-refractivity contribution >= 4 is 10.8 Å². The fourth-order valence-corrected chi connectivity index (χ4v) is 5.47. The molecular weight excluding hydrogens is 414 g/mol. The zero-order valence-corrected chi connectivity index (χ0v) is 19.3. The predicted molar refractivity (Wildman–Crippen MR) is 141 cm³/mol. The summed E-state index contributed by atoms with van der Waals surface area (Å²) in [7, 11) is 0. The van der Waals surface area contributed by atoms with E-state index >= 15 is 0 Å². The molecule has 4 bridgehead atoms. The summed E-state index contributed by atoms with van der Waals surface area (Å²) in [5, 5.41) is 2.64. The van der Waals surface area contributed by atoms with E-state index in [0.29, 0.717) is 6.61 Å². The molecule has 0 amide bonds. The molecule has 168 valence electrons. The van der Waals surface area contributed by atoms with Crippen molar-refractivity contribution in [1.29, 1.82) is 0 Å². The van der Waals surface area contributed by atoms with Crippen LogP contribution in [0.1, 0.15) is 34.2 Å². The van der Waals surface area contributed by atoms with E-state index in [0.717, 1.165) is 18.6 Å². The molecule has 0 saturated heterocycles. The Morgan fingerprint density at radius 2 is 1.18 bits per heavy atom. The standard InChI is InChI=1S/C32H26O.H3N/c1-4-10-26(11-5-1)32(27-12-6-2-7-13-27,28-14-8-3-9-15-28)20-21-33-31-19-17-25-22-24-16-18-29(25)30(31)23-24;/h1-19,22H,20-21,23H2;1H3. The van der Waals surface area contributed by atoms with Crippen molar-refractivity contribution in [3.8, 4) is 5.75 Å². The third-order valence-corrected chi connectivity index (χ3v) is 7.07. The monoisotopic (exact) mass is 443 g/mol. The molecule has 0 saturated carbocycles. The summed E-state index contributed by atoms with van der Waals surface area (Å²) in [6.07, 6.45) is 1.82. The van der Waals surface area contributed by atoms with Crippen LogP contribution in [0.3, 0.4) is 0 Å². The van der Waals surface area contributed by atoms with Crippen LogP contribution in [0, 0.1) is 0 Å². The molecule has 7 rings (SSSR count). The first-order chi connectivity index (χ1) is 16.3. The summed E-state index contributed by atoms with van der Waals surface area (Å²) in [5.74, 6) is 1.02. The molecule has 0 radical (unpaired) electrons. The van der Waals surface area contributed by atoms with E-state index in [1.54, 1.807) is 0 Å². The van der Waals surface area contributed by atoms with Gasteiger partial charge in [-0.1, -0.05) is 115 Å². The van der Waals surface area contributed by atoms with Crippen molar-refractivity contribution in [2.24, 2.45) is 0 Å². The maximum atomic E-state index is 6.54. The number of fused-ring (bicyclic) bond motifs is 1. The van der Waals surface area contributed by atoms with E-state index in [4.69, 9.17) is 4.74 Å². The van der Waals surface area contributed by atoms with Crippen LogP contribution in [0.4, 0.5) is 0 Å². The van der Waals surface area contributed by atoms with Gasteiger partial charge >= 0.3 is 0 Å². The van der Waals surface area contributed by atoms with E-state index in [1.807, 2.05) is 0 Å². The van der Waals surface area contributed by atoms with Crippen LogP contribution >= 0.6 is 0 Å². The topological polar surface area (TPSA) is 44.2 Å². The molecule has 5 aromatic carbocycles. The summed E-state index contributed by atoms with van der Waals surface area (Å²) >= 11 is 0. The average Bonchev–Trinajstić information content (AvgIpc) is 2.90. The molecule has 0 spiro atoms. The zero-order valence-electron chi connectivity index (χ0n) is 19.3. The van der Waals surface area contributed by atoms with Gasteiger partial charge < -0.3 is 10.9 Å². The van der Waals surface area contributed by atoms with Gasteiger partial charge in [-0.15, -0.1) is 0 Å². The van der Waals surface area contributed by atoms with E-state index in [1.165, 1.54) is 38.6 Å². The second kappa shape index (κ2) is 9.17.